The third-order valence-corrected chi connectivity index (χ3v) is 9.27. The summed E-state index contributed by atoms with van der Waals surface area (Å²) < 4.78 is 34.3. The maximum absolute atomic E-state index is 14.0. The molecule has 8 nitrogen and oxygen atoms in total. The molecule has 12 heteroatoms. The Morgan fingerprint density at radius 3 is 2.10 bits per heavy atom. The zero-order valence-electron chi connectivity index (χ0n) is 23.8. The van der Waals surface area contributed by atoms with Crippen LogP contribution in [-0.4, -0.2) is 50.4 Å². The Morgan fingerprint density at radius 2 is 1.52 bits per heavy atom. The molecule has 0 radical (unpaired) electrons. The van der Waals surface area contributed by atoms with Gasteiger partial charge < -0.3 is 15.0 Å². The predicted octanol–water partition coefficient (Wildman–Crippen LogP) is 6.57. The second-order valence-electron chi connectivity index (χ2n) is 9.64. The number of hydrogen-bond acceptors (Lipinski definition) is 5. The first-order valence-corrected chi connectivity index (χ1v) is 16.0. The first-order valence-electron chi connectivity index (χ1n) is 13.4. The minimum Gasteiger partial charge on any atom is -0.494 e. The first kappa shape index (κ1) is 33.5. The van der Waals surface area contributed by atoms with Crippen molar-refractivity contribution in [2.45, 2.75) is 57.6 Å². The van der Waals surface area contributed by atoms with Gasteiger partial charge >= 0.3 is 0 Å². The van der Waals surface area contributed by atoms with Crippen molar-refractivity contribution < 1.29 is 22.7 Å². The van der Waals surface area contributed by atoms with Crippen molar-refractivity contribution in [3.8, 4) is 5.75 Å². The van der Waals surface area contributed by atoms with E-state index in [4.69, 9.17) is 39.5 Å². The summed E-state index contributed by atoms with van der Waals surface area (Å²) >= 11 is 18.5. The van der Waals surface area contributed by atoms with Crippen LogP contribution in [-0.2, 0) is 26.2 Å². The number of amides is 2. The van der Waals surface area contributed by atoms with Crippen LogP contribution in [0.2, 0.25) is 15.1 Å². The van der Waals surface area contributed by atoms with Gasteiger partial charge in [-0.3, -0.25) is 13.9 Å². The molecule has 0 aliphatic rings. The van der Waals surface area contributed by atoms with Crippen molar-refractivity contribution in [2.75, 3.05) is 17.5 Å². The molecule has 42 heavy (non-hydrogen) atoms. The van der Waals surface area contributed by atoms with E-state index in [0.29, 0.717) is 39.4 Å². The molecule has 226 valence electrons. The average Bonchev–Trinajstić information content (AvgIpc) is 2.95. The number of carbonyl (C=O) groups excluding carboxylic acids is 2. The highest BCUT2D eigenvalue weighted by Crippen LogP contribution is 2.28. The van der Waals surface area contributed by atoms with Crippen LogP contribution in [0.3, 0.4) is 0 Å². The van der Waals surface area contributed by atoms with E-state index in [1.165, 1.54) is 29.2 Å². The number of carbonyl (C=O) groups is 2. The molecule has 2 atom stereocenters. The molecule has 0 saturated carbocycles. The van der Waals surface area contributed by atoms with E-state index in [1.54, 1.807) is 49.4 Å². The minimum absolute atomic E-state index is 0.0524. The third kappa shape index (κ3) is 8.53. The van der Waals surface area contributed by atoms with Crippen LogP contribution in [0.25, 0.3) is 0 Å². The zero-order chi connectivity index (χ0) is 31.0. The number of ether oxygens (including phenoxy) is 1. The summed E-state index contributed by atoms with van der Waals surface area (Å²) in [5.74, 6) is -0.444. The molecule has 1 N–H and O–H groups in total. The van der Waals surface area contributed by atoms with Crippen molar-refractivity contribution in [3.05, 3.63) is 87.4 Å². The van der Waals surface area contributed by atoms with Gasteiger partial charge in [-0.2, -0.15) is 0 Å². The highest BCUT2D eigenvalue weighted by molar-refractivity contribution is 7.92. The van der Waals surface area contributed by atoms with E-state index in [1.807, 2.05) is 20.8 Å². The Hall–Kier alpha value is -2.98. The first-order chi connectivity index (χ1) is 19.9. The minimum atomic E-state index is -4.24. The van der Waals surface area contributed by atoms with Gasteiger partial charge in [0.25, 0.3) is 10.0 Å². The number of anilines is 1. The highest BCUT2D eigenvalue weighted by atomic mass is 35.5. The summed E-state index contributed by atoms with van der Waals surface area (Å²) in [6.07, 6.45) is 0.695. The molecule has 3 aromatic carbocycles. The molecule has 0 bridgehead atoms. The van der Waals surface area contributed by atoms with Crippen LogP contribution in [0.1, 0.15) is 39.7 Å². The van der Waals surface area contributed by atoms with Crippen molar-refractivity contribution in [1.29, 1.82) is 0 Å². The van der Waals surface area contributed by atoms with Crippen LogP contribution in [0.15, 0.2) is 71.6 Å². The summed E-state index contributed by atoms with van der Waals surface area (Å²) in [6, 6.07) is 15.8. The van der Waals surface area contributed by atoms with Gasteiger partial charge in [-0.1, -0.05) is 47.8 Å². The second kappa shape index (κ2) is 15.0. The van der Waals surface area contributed by atoms with Gasteiger partial charge in [0.2, 0.25) is 11.8 Å². The standard InChI is InChI=1S/C30H34Cl3N3O5S/c1-5-20(3)34-30(38)21(4)35(18-22-7-8-24(32)17-28(22)33)29(37)19-36(25-11-13-26(14-12-25)41-6-2)42(39,40)27-15-9-23(31)10-16-27/h7-17,20-21H,5-6,18-19H2,1-4H3,(H,34,38)/t20-,21-/m1/s1. The average molecular weight is 655 g/mol. The fourth-order valence-corrected chi connectivity index (χ4v) is 6.03. The molecule has 0 spiro atoms. The molecule has 0 saturated heterocycles. The molecule has 0 aliphatic heterocycles. The Kier molecular flexibility index (Phi) is 11.9. The number of benzene rings is 3. The van der Waals surface area contributed by atoms with Crippen LogP contribution in [0.4, 0.5) is 5.69 Å². The SMILES string of the molecule is CCOc1ccc(N(CC(=O)N(Cc2ccc(Cl)cc2Cl)[C@H](C)C(=O)N[C@H](C)CC)S(=O)(=O)c2ccc(Cl)cc2)cc1. The van der Waals surface area contributed by atoms with Crippen molar-refractivity contribution in [1.82, 2.24) is 10.2 Å². The maximum Gasteiger partial charge on any atom is 0.264 e. The Bertz CT molecular complexity index is 1490. The van der Waals surface area contributed by atoms with E-state index >= 15 is 0 Å². The zero-order valence-corrected chi connectivity index (χ0v) is 26.9. The number of hydrogen-bond donors (Lipinski definition) is 1. The Labute approximate surface area is 262 Å². The van der Waals surface area contributed by atoms with Gasteiger partial charge in [0.15, 0.2) is 0 Å². The highest BCUT2D eigenvalue weighted by Gasteiger charge is 2.33. The Balaban J connectivity index is 2.05. The van der Waals surface area contributed by atoms with E-state index in [9.17, 15) is 18.0 Å². The van der Waals surface area contributed by atoms with Crippen molar-refractivity contribution >= 4 is 62.3 Å². The van der Waals surface area contributed by atoms with Gasteiger partial charge in [0.1, 0.15) is 18.3 Å². The fraction of sp³-hybridized carbons (Fsp3) is 0.333. The number of rotatable bonds is 13. The number of halogens is 3. The van der Waals surface area contributed by atoms with E-state index < -0.39 is 28.5 Å². The molecule has 2 amide bonds. The van der Waals surface area contributed by atoms with Crippen molar-refractivity contribution in [2.24, 2.45) is 0 Å². The summed E-state index contributed by atoms with van der Waals surface area (Å²) in [6.45, 7) is 7.01. The number of nitrogens with one attached hydrogen (secondary N) is 1. The molecular formula is C30H34Cl3N3O5S. The molecule has 0 heterocycles. The molecule has 3 rings (SSSR count). The molecule has 0 fully saturated rings. The third-order valence-electron chi connectivity index (χ3n) is 6.64. The van der Waals surface area contributed by atoms with Gasteiger partial charge in [-0.05, 0) is 93.4 Å². The summed E-state index contributed by atoms with van der Waals surface area (Å²) in [5.41, 5.74) is 0.786. The van der Waals surface area contributed by atoms with Gasteiger partial charge in [-0.25, -0.2) is 8.42 Å². The second-order valence-corrected chi connectivity index (χ2v) is 12.8. The molecule has 3 aromatic rings. The fourth-order valence-electron chi connectivity index (χ4n) is 4.02. The van der Waals surface area contributed by atoms with Crippen LogP contribution in [0.5, 0.6) is 5.75 Å². The monoisotopic (exact) mass is 653 g/mol. The van der Waals surface area contributed by atoms with Gasteiger partial charge in [0.05, 0.1) is 17.2 Å². The number of nitrogens with zero attached hydrogens (tertiary/aromatic N) is 2. The summed E-state index contributed by atoms with van der Waals surface area (Å²) in [7, 11) is -4.24. The van der Waals surface area contributed by atoms with E-state index in [0.717, 1.165) is 4.31 Å². The van der Waals surface area contributed by atoms with Gasteiger partial charge in [0, 0.05) is 27.7 Å². The van der Waals surface area contributed by atoms with Crippen LogP contribution in [0, 0.1) is 0 Å². The summed E-state index contributed by atoms with van der Waals surface area (Å²) in [4.78, 5) is 28.5. The molecule has 0 unspecified atom stereocenters. The lowest BCUT2D eigenvalue weighted by atomic mass is 10.1. The molecule has 0 aliphatic carbocycles. The van der Waals surface area contributed by atoms with Crippen molar-refractivity contribution in [3.63, 3.8) is 0 Å². The van der Waals surface area contributed by atoms with Gasteiger partial charge in [-0.15, -0.1) is 0 Å². The quantitative estimate of drug-likeness (QED) is 0.225. The molecular weight excluding hydrogens is 621 g/mol. The Morgan fingerprint density at radius 1 is 0.905 bits per heavy atom. The van der Waals surface area contributed by atoms with Crippen LogP contribution < -0.4 is 14.4 Å². The topological polar surface area (TPSA) is 96.0 Å². The van der Waals surface area contributed by atoms with E-state index in [-0.39, 0.29) is 29.1 Å². The molecule has 0 aromatic heterocycles. The van der Waals surface area contributed by atoms with E-state index in [2.05, 4.69) is 5.32 Å². The van der Waals surface area contributed by atoms with Crippen LogP contribution >= 0.6 is 34.8 Å². The lowest BCUT2D eigenvalue weighted by Gasteiger charge is -2.32. The summed E-state index contributed by atoms with van der Waals surface area (Å²) in [5, 5.41) is 3.99. The smallest absolute Gasteiger partial charge is 0.264 e. The number of sulfonamides is 1. The predicted molar refractivity (Wildman–Crippen MR) is 168 cm³/mol. The lowest BCUT2D eigenvalue weighted by Crippen LogP contribution is -2.52. The largest absolute Gasteiger partial charge is 0.494 e. The lowest BCUT2D eigenvalue weighted by molar-refractivity contribution is -0.139. The normalized spacial score (nSPS) is 12.7. The maximum atomic E-state index is 14.0.